The highest BCUT2D eigenvalue weighted by atomic mass is 32.1. The molecule has 4 rings (SSSR count). The van der Waals surface area contributed by atoms with Crippen LogP contribution in [0, 0.1) is 0 Å². The van der Waals surface area contributed by atoms with Crippen LogP contribution in [0.25, 0.3) is 0 Å². The van der Waals surface area contributed by atoms with Gasteiger partial charge in [-0.1, -0.05) is 30.3 Å². The molecule has 156 valence electrons. The fourth-order valence-electron chi connectivity index (χ4n) is 4.16. The number of nitrogens with one attached hydrogen (secondary N) is 1. The summed E-state index contributed by atoms with van der Waals surface area (Å²) < 4.78 is 0. The number of fused-ring (bicyclic) bond motifs is 1. The number of rotatable bonds is 7. The molecule has 7 heteroatoms. The lowest BCUT2D eigenvalue weighted by molar-refractivity contribution is -0.138. The van der Waals surface area contributed by atoms with E-state index in [0.29, 0.717) is 13.1 Å². The molecular formula is C23H25N3O3S. The maximum absolute atomic E-state index is 13.2. The van der Waals surface area contributed by atoms with Crippen molar-refractivity contribution in [3.8, 4) is 0 Å². The molecule has 1 aromatic heterocycles. The first-order valence-corrected chi connectivity index (χ1v) is 11.0. The summed E-state index contributed by atoms with van der Waals surface area (Å²) in [5.74, 6) is -0.682. The van der Waals surface area contributed by atoms with Crippen LogP contribution >= 0.6 is 11.3 Å². The van der Waals surface area contributed by atoms with Gasteiger partial charge in [-0.05, 0) is 54.3 Å². The summed E-state index contributed by atoms with van der Waals surface area (Å²) in [6, 6.07) is 9.32. The third kappa shape index (κ3) is 3.65. The van der Waals surface area contributed by atoms with Crippen LogP contribution in [0.3, 0.4) is 0 Å². The number of nitrogens with zero attached hydrogens (tertiary/aromatic N) is 2. The summed E-state index contributed by atoms with van der Waals surface area (Å²) in [6.45, 7) is 5.91. The molecule has 1 saturated heterocycles. The van der Waals surface area contributed by atoms with Crippen molar-refractivity contribution in [2.75, 3.05) is 13.1 Å². The Morgan fingerprint density at radius 1 is 1.30 bits per heavy atom. The number of hydrogen-bond donors (Lipinski definition) is 1. The quantitative estimate of drug-likeness (QED) is 0.549. The zero-order chi connectivity index (χ0) is 21.3. The third-order valence-corrected chi connectivity index (χ3v) is 6.73. The minimum atomic E-state index is -1.16. The molecule has 6 nitrogen and oxygen atoms in total. The van der Waals surface area contributed by atoms with E-state index in [0.717, 1.165) is 34.6 Å². The van der Waals surface area contributed by atoms with Crippen molar-refractivity contribution < 1.29 is 14.4 Å². The summed E-state index contributed by atoms with van der Waals surface area (Å²) in [4.78, 5) is 42.4. The van der Waals surface area contributed by atoms with E-state index in [4.69, 9.17) is 0 Å². The Hall–Kier alpha value is -2.93. The minimum absolute atomic E-state index is 0.287. The molecule has 1 atom stereocenters. The first kappa shape index (κ1) is 20.3. The van der Waals surface area contributed by atoms with Crippen LogP contribution in [0.5, 0.6) is 0 Å². The Balaban J connectivity index is 1.52. The normalized spacial score (nSPS) is 20.2. The van der Waals surface area contributed by atoms with E-state index in [1.54, 1.807) is 29.2 Å². The average Bonchev–Trinajstić information content (AvgIpc) is 3.45. The fourth-order valence-corrected chi connectivity index (χ4v) is 4.87. The number of hydrogen-bond acceptors (Lipinski definition) is 4. The summed E-state index contributed by atoms with van der Waals surface area (Å²) >= 11 is 1.56. The number of amides is 4. The zero-order valence-corrected chi connectivity index (χ0v) is 17.8. The molecule has 1 fully saturated rings. The monoisotopic (exact) mass is 423 g/mol. The van der Waals surface area contributed by atoms with E-state index in [1.807, 2.05) is 35.7 Å². The van der Waals surface area contributed by atoms with Gasteiger partial charge >= 0.3 is 6.03 Å². The van der Waals surface area contributed by atoms with Crippen LogP contribution in [-0.4, -0.2) is 40.7 Å². The average molecular weight is 424 g/mol. The van der Waals surface area contributed by atoms with Gasteiger partial charge in [0.25, 0.3) is 5.91 Å². The second-order valence-corrected chi connectivity index (χ2v) is 8.96. The first-order valence-electron chi connectivity index (χ1n) is 10.1. The molecule has 2 aliphatic rings. The van der Waals surface area contributed by atoms with Gasteiger partial charge < -0.3 is 10.2 Å². The van der Waals surface area contributed by atoms with Gasteiger partial charge in [-0.3, -0.25) is 14.5 Å². The van der Waals surface area contributed by atoms with E-state index in [9.17, 15) is 14.4 Å². The van der Waals surface area contributed by atoms with Crippen LogP contribution in [0.15, 0.2) is 48.4 Å². The highest BCUT2D eigenvalue weighted by Crippen LogP contribution is 2.32. The summed E-state index contributed by atoms with van der Waals surface area (Å²) in [7, 11) is 0. The molecule has 0 spiro atoms. The summed E-state index contributed by atoms with van der Waals surface area (Å²) in [5.41, 5.74) is 2.14. The molecule has 30 heavy (non-hydrogen) atoms. The van der Waals surface area contributed by atoms with E-state index in [2.05, 4.69) is 11.9 Å². The SMILES string of the molecule is C=CCN(Cc1cccs1)C(=O)CN1C(=O)N[C@](C)(c2ccc3c(c2)CCC3)C1=O. The molecule has 4 amide bonds. The molecular weight excluding hydrogens is 398 g/mol. The van der Waals surface area contributed by atoms with Gasteiger partial charge in [-0.15, -0.1) is 17.9 Å². The number of urea groups is 1. The molecule has 1 aliphatic heterocycles. The number of benzene rings is 1. The predicted octanol–water partition coefficient (Wildman–Crippen LogP) is 3.22. The Bertz CT molecular complexity index is 1000. The number of thiophene rings is 1. The molecule has 1 aromatic carbocycles. The molecule has 0 bridgehead atoms. The Morgan fingerprint density at radius 2 is 2.10 bits per heavy atom. The van der Waals surface area contributed by atoms with E-state index < -0.39 is 17.5 Å². The van der Waals surface area contributed by atoms with Gasteiger partial charge in [-0.2, -0.15) is 0 Å². The van der Waals surface area contributed by atoms with Gasteiger partial charge in [0.2, 0.25) is 5.91 Å². The van der Waals surface area contributed by atoms with Gasteiger partial charge in [0.1, 0.15) is 12.1 Å². The van der Waals surface area contributed by atoms with Crippen LogP contribution in [0.4, 0.5) is 4.79 Å². The van der Waals surface area contributed by atoms with Gasteiger partial charge in [-0.25, -0.2) is 4.79 Å². The Kier molecular flexibility index (Phi) is 5.47. The van der Waals surface area contributed by atoms with Crippen LogP contribution in [0.1, 0.15) is 34.9 Å². The third-order valence-electron chi connectivity index (χ3n) is 5.87. The van der Waals surface area contributed by atoms with Crippen LogP contribution in [0.2, 0.25) is 0 Å². The zero-order valence-electron chi connectivity index (χ0n) is 17.0. The van der Waals surface area contributed by atoms with Crippen molar-refractivity contribution in [1.82, 2.24) is 15.1 Å². The predicted molar refractivity (Wildman–Crippen MR) is 116 cm³/mol. The van der Waals surface area contributed by atoms with E-state index >= 15 is 0 Å². The van der Waals surface area contributed by atoms with Gasteiger partial charge in [0.15, 0.2) is 0 Å². The fraction of sp³-hybridized carbons (Fsp3) is 0.348. The van der Waals surface area contributed by atoms with Crippen molar-refractivity contribution in [2.45, 2.75) is 38.3 Å². The number of imide groups is 1. The van der Waals surface area contributed by atoms with E-state index in [-0.39, 0.29) is 12.5 Å². The maximum Gasteiger partial charge on any atom is 0.325 e. The number of aryl methyl sites for hydroxylation is 2. The molecule has 2 heterocycles. The van der Waals surface area contributed by atoms with Crippen molar-refractivity contribution in [3.63, 3.8) is 0 Å². The van der Waals surface area contributed by atoms with E-state index in [1.165, 1.54) is 11.1 Å². The van der Waals surface area contributed by atoms with Crippen LogP contribution < -0.4 is 5.32 Å². The maximum atomic E-state index is 13.2. The topological polar surface area (TPSA) is 69.7 Å². The second-order valence-electron chi connectivity index (χ2n) is 7.93. The van der Waals surface area contributed by atoms with Crippen molar-refractivity contribution in [3.05, 3.63) is 69.9 Å². The Labute approximate surface area is 180 Å². The second kappa shape index (κ2) is 8.07. The molecule has 1 N–H and O–H groups in total. The van der Waals surface area contributed by atoms with Gasteiger partial charge in [0, 0.05) is 11.4 Å². The van der Waals surface area contributed by atoms with Crippen molar-refractivity contribution in [1.29, 1.82) is 0 Å². The molecule has 0 radical (unpaired) electrons. The minimum Gasteiger partial charge on any atom is -0.332 e. The standard InChI is InChI=1S/C23H25N3O3S/c1-3-11-25(14-19-8-5-12-30-19)20(27)15-26-21(28)23(2,24-22(26)29)18-10-9-16-6-4-7-17(16)13-18/h3,5,8-10,12-13H,1,4,6-7,11,14-15H2,2H3,(H,24,29)/t23-/m1/s1. The molecule has 1 aliphatic carbocycles. The molecule has 2 aromatic rings. The van der Waals surface area contributed by atoms with Crippen molar-refractivity contribution in [2.24, 2.45) is 0 Å². The summed E-state index contributed by atoms with van der Waals surface area (Å²) in [6.07, 6.45) is 4.80. The highest BCUT2D eigenvalue weighted by Gasteiger charge is 2.49. The highest BCUT2D eigenvalue weighted by molar-refractivity contribution is 7.09. The van der Waals surface area contributed by atoms with Crippen molar-refractivity contribution >= 4 is 29.2 Å². The van der Waals surface area contributed by atoms with Crippen LogP contribution in [-0.2, 0) is 34.5 Å². The smallest absolute Gasteiger partial charge is 0.325 e. The lowest BCUT2D eigenvalue weighted by atomic mass is 9.89. The Morgan fingerprint density at radius 3 is 2.83 bits per heavy atom. The lowest BCUT2D eigenvalue weighted by Gasteiger charge is -2.25. The first-order chi connectivity index (χ1) is 14.4. The largest absolute Gasteiger partial charge is 0.332 e. The summed E-state index contributed by atoms with van der Waals surface area (Å²) in [5, 5.41) is 4.76. The number of carbonyl (C=O) groups excluding carboxylic acids is 3. The number of carbonyl (C=O) groups is 3. The lowest BCUT2D eigenvalue weighted by Crippen LogP contribution is -2.44. The van der Waals surface area contributed by atoms with Gasteiger partial charge in [0.05, 0.1) is 6.54 Å². The molecule has 0 saturated carbocycles. The molecule has 0 unspecified atom stereocenters.